The predicted octanol–water partition coefficient (Wildman–Crippen LogP) is 4.64. The van der Waals surface area contributed by atoms with E-state index in [4.69, 9.17) is 17.2 Å². The highest BCUT2D eigenvalue weighted by Gasteiger charge is 2.10. The fourth-order valence-electron chi connectivity index (χ4n) is 3.83. The Kier molecular flexibility index (Phi) is 10.4. The van der Waals surface area contributed by atoms with Crippen molar-refractivity contribution in [3.8, 4) is 0 Å². The summed E-state index contributed by atoms with van der Waals surface area (Å²) in [5, 5.41) is 12.5. The molecule has 37 heavy (non-hydrogen) atoms. The van der Waals surface area contributed by atoms with Crippen molar-refractivity contribution in [2.75, 3.05) is 11.1 Å². The summed E-state index contributed by atoms with van der Waals surface area (Å²) >= 11 is 1.40. The fourth-order valence-corrected chi connectivity index (χ4v) is 4.63. The third-order valence-corrected chi connectivity index (χ3v) is 6.58. The number of nitrogen functional groups attached to an aromatic ring is 1. The minimum atomic E-state index is -0.126. The summed E-state index contributed by atoms with van der Waals surface area (Å²) in [6.07, 6.45) is 11.7. The lowest BCUT2D eigenvalue weighted by Gasteiger charge is -2.03. The van der Waals surface area contributed by atoms with E-state index in [0.717, 1.165) is 64.3 Å². The van der Waals surface area contributed by atoms with Crippen molar-refractivity contribution in [1.29, 1.82) is 0 Å². The second kappa shape index (κ2) is 14.0. The number of nitrogens with one attached hydrogen (secondary N) is 2. The molecule has 9 heteroatoms. The van der Waals surface area contributed by atoms with Crippen LogP contribution in [0.1, 0.15) is 46.7 Å². The van der Waals surface area contributed by atoms with E-state index >= 15 is 0 Å². The topological polar surface area (TPSA) is 149 Å². The molecular weight excluding hydrogens is 482 g/mol. The van der Waals surface area contributed by atoms with Gasteiger partial charge in [-0.15, -0.1) is 10.2 Å². The summed E-state index contributed by atoms with van der Waals surface area (Å²) in [5.41, 5.74) is 23.7. The van der Waals surface area contributed by atoms with E-state index in [0.29, 0.717) is 23.9 Å². The third kappa shape index (κ3) is 8.89. The SMILES string of the molecule is C=C/C=C(\C=C)Cc1cc(/C=C(\N)CCCCc2nnc(NC(=O)Cc3cccc(CN)c3)s2)c(N)[nH]1. The molecule has 0 saturated heterocycles. The number of nitrogens with two attached hydrogens (primary N) is 3. The summed E-state index contributed by atoms with van der Waals surface area (Å²) in [5.74, 6) is 0.467. The Labute approximate surface area is 222 Å². The lowest BCUT2D eigenvalue weighted by molar-refractivity contribution is -0.115. The van der Waals surface area contributed by atoms with Gasteiger partial charge < -0.3 is 27.5 Å². The number of anilines is 2. The molecule has 0 spiro atoms. The van der Waals surface area contributed by atoms with Gasteiger partial charge in [0, 0.05) is 36.3 Å². The zero-order chi connectivity index (χ0) is 26.6. The standard InChI is InChI=1S/C28H35N7OS/c1-3-8-19(4-2)14-24-17-22(27(31)32-24)16-23(30)11-5-6-12-26-34-35-28(37-26)33-25(36)15-20-9-7-10-21(13-20)18-29/h3-4,7-10,13,16-17,32H,1-2,5-6,11-12,14-15,18,29-31H2,(H,33,35,36)/b19-8+,23-16-. The Morgan fingerprint density at radius 3 is 2.70 bits per heavy atom. The van der Waals surface area contributed by atoms with E-state index in [1.807, 2.05) is 42.5 Å². The van der Waals surface area contributed by atoms with Crippen molar-refractivity contribution in [3.05, 3.63) is 100 Å². The molecular formula is C28H35N7OS. The summed E-state index contributed by atoms with van der Waals surface area (Å²) in [6.45, 7) is 8.00. The van der Waals surface area contributed by atoms with Gasteiger partial charge in [0.2, 0.25) is 11.0 Å². The number of carbonyl (C=O) groups is 1. The molecule has 0 unspecified atom stereocenters. The van der Waals surface area contributed by atoms with Crippen molar-refractivity contribution < 1.29 is 4.79 Å². The first-order valence-corrected chi connectivity index (χ1v) is 13.0. The fraction of sp³-hybridized carbons (Fsp3) is 0.250. The first kappa shape index (κ1) is 27.6. The monoisotopic (exact) mass is 517 g/mol. The highest BCUT2D eigenvalue weighted by atomic mass is 32.1. The summed E-state index contributed by atoms with van der Waals surface area (Å²) in [4.78, 5) is 15.6. The van der Waals surface area contributed by atoms with E-state index < -0.39 is 0 Å². The molecule has 1 amide bonds. The number of hydrogen-bond acceptors (Lipinski definition) is 7. The normalized spacial score (nSPS) is 11.9. The van der Waals surface area contributed by atoms with Crippen LogP contribution in [-0.2, 0) is 30.6 Å². The number of benzene rings is 1. The first-order valence-electron chi connectivity index (χ1n) is 12.2. The number of amides is 1. The summed E-state index contributed by atoms with van der Waals surface area (Å²) < 4.78 is 0. The highest BCUT2D eigenvalue weighted by Crippen LogP contribution is 2.21. The highest BCUT2D eigenvalue weighted by molar-refractivity contribution is 7.15. The molecule has 8 nitrogen and oxygen atoms in total. The van der Waals surface area contributed by atoms with Gasteiger partial charge in [-0.05, 0) is 48.1 Å². The number of hydrogen-bond donors (Lipinski definition) is 5. The number of nitrogens with zero attached hydrogens (tertiary/aromatic N) is 2. The Bertz CT molecular complexity index is 1290. The van der Waals surface area contributed by atoms with Crippen molar-refractivity contribution >= 4 is 34.3 Å². The number of aromatic nitrogens is 3. The van der Waals surface area contributed by atoms with Crippen LogP contribution < -0.4 is 22.5 Å². The van der Waals surface area contributed by atoms with Gasteiger partial charge in [0.25, 0.3) is 0 Å². The number of aryl methyl sites for hydroxylation is 1. The molecule has 0 aliphatic heterocycles. The van der Waals surface area contributed by atoms with Gasteiger partial charge in [0.15, 0.2) is 0 Å². The van der Waals surface area contributed by atoms with Crippen LogP contribution in [0.3, 0.4) is 0 Å². The quantitative estimate of drug-likeness (QED) is 0.155. The molecule has 2 heterocycles. The average Bonchev–Trinajstić information content (AvgIpc) is 3.46. The molecule has 1 aromatic carbocycles. The smallest absolute Gasteiger partial charge is 0.230 e. The van der Waals surface area contributed by atoms with Crippen LogP contribution >= 0.6 is 11.3 Å². The zero-order valence-electron chi connectivity index (χ0n) is 21.0. The van der Waals surface area contributed by atoms with Crippen LogP contribution in [0.25, 0.3) is 6.08 Å². The maximum atomic E-state index is 12.4. The minimum absolute atomic E-state index is 0.126. The number of aromatic amines is 1. The van der Waals surface area contributed by atoms with E-state index in [9.17, 15) is 4.79 Å². The maximum absolute atomic E-state index is 12.4. The van der Waals surface area contributed by atoms with Gasteiger partial charge >= 0.3 is 0 Å². The van der Waals surface area contributed by atoms with Gasteiger partial charge in [0.05, 0.1) is 6.42 Å². The number of H-pyrrole nitrogens is 1. The summed E-state index contributed by atoms with van der Waals surface area (Å²) in [7, 11) is 0. The van der Waals surface area contributed by atoms with Crippen molar-refractivity contribution in [2.24, 2.45) is 11.5 Å². The lowest BCUT2D eigenvalue weighted by Crippen LogP contribution is -2.14. The van der Waals surface area contributed by atoms with E-state index in [1.54, 1.807) is 12.2 Å². The molecule has 194 valence electrons. The molecule has 0 saturated carbocycles. The molecule has 0 aliphatic carbocycles. The third-order valence-electron chi connectivity index (χ3n) is 5.68. The van der Waals surface area contributed by atoms with E-state index in [-0.39, 0.29) is 12.3 Å². The largest absolute Gasteiger partial charge is 0.402 e. The van der Waals surface area contributed by atoms with E-state index in [1.165, 1.54) is 11.3 Å². The molecule has 0 atom stereocenters. The van der Waals surface area contributed by atoms with Gasteiger partial charge in [-0.3, -0.25) is 4.79 Å². The van der Waals surface area contributed by atoms with Crippen LogP contribution in [-0.4, -0.2) is 21.1 Å². The second-order valence-electron chi connectivity index (χ2n) is 8.70. The molecule has 3 rings (SSSR count). The maximum Gasteiger partial charge on any atom is 0.230 e. The van der Waals surface area contributed by atoms with Crippen molar-refractivity contribution in [1.82, 2.24) is 15.2 Å². The molecule has 0 aliphatic rings. The van der Waals surface area contributed by atoms with Crippen molar-refractivity contribution in [3.63, 3.8) is 0 Å². The van der Waals surface area contributed by atoms with Gasteiger partial charge in [0.1, 0.15) is 10.8 Å². The Balaban J connectivity index is 1.43. The van der Waals surface area contributed by atoms with Crippen LogP contribution in [0, 0.1) is 0 Å². The Morgan fingerprint density at radius 2 is 1.95 bits per heavy atom. The second-order valence-corrected chi connectivity index (χ2v) is 9.76. The molecule has 8 N–H and O–H groups in total. The predicted molar refractivity (Wildman–Crippen MR) is 154 cm³/mol. The average molecular weight is 518 g/mol. The van der Waals surface area contributed by atoms with Gasteiger partial charge in [-0.25, -0.2) is 0 Å². The van der Waals surface area contributed by atoms with Crippen LogP contribution in [0.2, 0.25) is 0 Å². The number of carbonyl (C=O) groups excluding carboxylic acids is 1. The molecule has 0 bridgehead atoms. The van der Waals surface area contributed by atoms with Crippen molar-refractivity contribution in [2.45, 2.75) is 45.1 Å². The van der Waals surface area contributed by atoms with Gasteiger partial charge in [-0.1, -0.05) is 67.0 Å². The lowest BCUT2D eigenvalue weighted by atomic mass is 10.1. The Morgan fingerprint density at radius 1 is 1.14 bits per heavy atom. The van der Waals surface area contributed by atoms with Gasteiger partial charge in [-0.2, -0.15) is 0 Å². The number of unbranched alkanes of at least 4 members (excludes halogenated alkanes) is 1. The molecule has 2 aromatic heterocycles. The molecule has 0 fully saturated rings. The molecule has 0 radical (unpaired) electrons. The molecule has 3 aromatic rings. The number of allylic oxidation sites excluding steroid dienone is 5. The summed E-state index contributed by atoms with van der Waals surface area (Å²) in [6, 6.07) is 9.71. The zero-order valence-corrected chi connectivity index (χ0v) is 21.8. The Hall–Kier alpha value is -3.95. The number of rotatable bonds is 14. The minimum Gasteiger partial charge on any atom is -0.402 e. The van der Waals surface area contributed by atoms with Crippen LogP contribution in [0.15, 0.2) is 73.0 Å². The van der Waals surface area contributed by atoms with Crippen LogP contribution in [0.5, 0.6) is 0 Å². The van der Waals surface area contributed by atoms with Crippen LogP contribution in [0.4, 0.5) is 10.9 Å². The first-order chi connectivity index (χ1) is 17.9. The van der Waals surface area contributed by atoms with E-state index in [2.05, 4.69) is 33.7 Å².